The predicted octanol–water partition coefficient (Wildman–Crippen LogP) is 3.11. The van der Waals surface area contributed by atoms with Crippen LogP contribution in [0.2, 0.25) is 5.02 Å². The van der Waals surface area contributed by atoms with Gasteiger partial charge in [0.2, 0.25) is 0 Å². The molecule has 0 radical (unpaired) electrons. The summed E-state index contributed by atoms with van der Waals surface area (Å²) in [4.78, 5) is 9.64. The fraction of sp³-hybridized carbons (Fsp3) is 0. The molecular formula is C10H6ClN3S. The third kappa shape index (κ3) is 1.52. The average molecular weight is 236 g/mol. The van der Waals surface area contributed by atoms with E-state index < -0.39 is 0 Å². The van der Waals surface area contributed by atoms with Crippen molar-refractivity contribution in [2.24, 2.45) is 0 Å². The maximum atomic E-state index is 5.77. The van der Waals surface area contributed by atoms with Crippen LogP contribution in [0.15, 0.2) is 36.1 Å². The molecule has 0 unspecified atom stereocenters. The van der Waals surface area contributed by atoms with Gasteiger partial charge < -0.3 is 0 Å². The van der Waals surface area contributed by atoms with Gasteiger partial charge in [0.15, 0.2) is 4.96 Å². The van der Waals surface area contributed by atoms with Crippen molar-refractivity contribution in [1.82, 2.24) is 14.4 Å². The average Bonchev–Trinajstić information content (AvgIpc) is 2.78. The van der Waals surface area contributed by atoms with Gasteiger partial charge >= 0.3 is 0 Å². The Hall–Kier alpha value is -1.39. The van der Waals surface area contributed by atoms with E-state index in [9.17, 15) is 0 Å². The van der Waals surface area contributed by atoms with Gasteiger partial charge in [0.1, 0.15) is 5.69 Å². The smallest absolute Gasteiger partial charge is 0.194 e. The first kappa shape index (κ1) is 8.88. The number of hydrogen-bond acceptors (Lipinski definition) is 3. The van der Waals surface area contributed by atoms with Crippen LogP contribution in [0.4, 0.5) is 0 Å². The highest BCUT2D eigenvalue weighted by Gasteiger charge is 2.05. The minimum atomic E-state index is 0.639. The molecule has 3 heterocycles. The zero-order valence-electron chi connectivity index (χ0n) is 7.59. The molecule has 0 saturated carbocycles. The molecule has 74 valence electrons. The van der Waals surface area contributed by atoms with Crippen LogP contribution >= 0.6 is 22.9 Å². The minimum Gasteiger partial charge on any atom is -0.297 e. The zero-order chi connectivity index (χ0) is 10.3. The lowest BCUT2D eigenvalue weighted by molar-refractivity contribution is 1.23. The van der Waals surface area contributed by atoms with E-state index in [0.29, 0.717) is 5.02 Å². The summed E-state index contributed by atoms with van der Waals surface area (Å²) >= 11 is 7.37. The molecule has 3 nitrogen and oxygen atoms in total. The second-order valence-corrected chi connectivity index (χ2v) is 4.39. The van der Waals surface area contributed by atoms with Gasteiger partial charge in [-0.1, -0.05) is 11.6 Å². The largest absolute Gasteiger partial charge is 0.297 e. The first-order valence-corrected chi connectivity index (χ1v) is 5.63. The number of nitrogens with zero attached hydrogens (tertiary/aromatic N) is 3. The van der Waals surface area contributed by atoms with Crippen LogP contribution < -0.4 is 0 Å². The third-order valence-corrected chi connectivity index (χ3v) is 3.08. The Labute approximate surface area is 95.0 Å². The SMILES string of the molecule is Clc1ccc(-c2cn3ccsc3n2)nc1. The van der Waals surface area contributed by atoms with E-state index in [2.05, 4.69) is 9.97 Å². The lowest BCUT2D eigenvalue weighted by Crippen LogP contribution is -1.81. The molecular weight excluding hydrogens is 230 g/mol. The van der Waals surface area contributed by atoms with Gasteiger partial charge in [0, 0.05) is 24.0 Å². The molecule has 0 saturated heterocycles. The van der Waals surface area contributed by atoms with Crippen molar-refractivity contribution in [1.29, 1.82) is 0 Å². The Morgan fingerprint density at radius 1 is 1.27 bits per heavy atom. The van der Waals surface area contributed by atoms with Crippen molar-refractivity contribution in [2.45, 2.75) is 0 Å². The van der Waals surface area contributed by atoms with Crippen molar-refractivity contribution < 1.29 is 0 Å². The fourth-order valence-electron chi connectivity index (χ4n) is 1.38. The molecule has 3 aromatic heterocycles. The van der Waals surface area contributed by atoms with Gasteiger partial charge in [-0.25, -0.2) is 4.98 Å². The molecule has 0 aliphatic carbocycles. The number of aromatic nitrogens is 3. The maximum absolute atomic E-state index is 5.77. The fourth-order valence-corrected chi connectivity index (χ4v) is 2.19. The van der Waals surface area contributed by atoms with E-state index in [-0.39, 0.29) is 0 Å². The molecule has 0 amide bonds. The van der Waals surface area contributed by atoms with Gasteiger partial charge in [-0.05, 0) is 12.1 Å². The Kier molecular flexibility index (Phi) is 1.97. The second kappa shape index (κ2) is 3.32. The number of pyridine rings is 1. The molecule has 0 atom stereocenters. The van der Waals surface area contributed by atoms with Crippen LogP contribution in [0.5, 0.6) is 0 Å². The van der Waals surface area contributed by atoms with Crippen molar-refractivity contribution in [3.8, 4) is 11.4 Å². The van der Waals surface area contributed by atoms with Crippen molar-refractivity contribution in [2.75, 3.05) is 0 Å². The van der Waals surface area contributed by atoms with Crippen molar-refractivity contribution in [3.05, 3.63) is 41.1 Å². The summed E-state index contributed by atoms with van der Waals surface area (Å²) < 4.78 is 1.98. The van der Waals surface area contributed by atoms with E-state index >= 15 is 0 Å². The van der Waals surface area contributed by atoms with Gasteiger partial charge in [-0.2, -0.15) is 0 Å². The van der Waals surface area contributed by atoms with Crippen molar-refractivity contribution >= 4 is 27.9 Å². The van der Waals surface area contributed by atoms with Crippen LogP contribution in [0.25, 0.3) is 16.3 Å². The van der Waals surface area contributed by atoms with Crippen LogP contribution in [-0.2, 0) is 0 Å². The Morgan fingerprint density at radius 3 is 2.93 bits per heavy atom. The predicted molar refractivity (Wildman–Crippen MR) is 61.3 cm³/mol. The van der Waals surface area contributed by atoms with E-state index in [1.54, 1.807) is 17.5 Å². The highest BCUT2D eigenvalue weighted by Crippen LogP contribution is 2.20. The quantitative estimate of drug-likeness (QED) is 0.649. The lowest BCUT2D eigenvalue weighted by atomic mass is 10.3. The molecule has 0 spiro atoms. The molecule has 0 fully saturated rings. The van der Waals surface area contributed by atoms with Crippen LogP contribution in [0, 0.1) is 0 Å². The lowest BCUT2D eigenvalue weighted by Gasteiger charge is -1.94. The van der Waals surface area contributed by atoms with E-state index in [4.69, 9.17) is 11.6 Å². The number of fused-ring (bicyclic) bond motifs is 1. The van der Waals surface area contributed by atoms with Crippen LogP contribution in [0.3, 0.4) is 0 Å². The topological polar surface area (TPSA) is 30.2 Å². The summed E-state index contributed by atoms with van der Waals surface area (Å²) in [7, 11) is 0. The highest BCUT2D eigenvalue weighted by molar-refractivity contribution is 7.15. The maximum Gasteiger partial charge on any atom is 0.194 e. The monoisotopic (exact) mass is 235 g/mol. The molecule has 0 aliphatic heterocycles. The summed E-state index contributed by atoms with van der Waals surface area (Å²) in [5.41, 5.74) is 1.72. The first-order valence-electron chi connectivity index (χ1n) is 4.37. The Morgan fingerprint density at radius 2 is 2.20 bits per heavy atom. The normalized spacial score (nSPS) is 11.0. The van der Waals surface area contributed by atoms with Gasteiger partial charge in [0.05, 0.1) is 10.7 Å². The molecule has 0 bridgehead atoms. The summed E-state index contributed by atoms with van der Waals surface area (Å²) in [6, 6.07) is 3.69. The molecule has 3 aromatic rings. The van der Waals surface area contributed by atoms with Gasteiger partial charge in [-0.15, -0.1) is 11.3 Å². The number of thiazole rings is 1. The number of hydrogen-bond donors (Lipinski definition) is 0. The summed E-state index contributed by atoms with van der Waals surface area (Å²) in [5.74, 6) is 0. The van der Waals surface area contributed by atoms with Crippen molar-refractivity contribution in [3.63, 3.8) is 0 Å². The first-order chi connectivity index (χ1) is 7.33. The summed E-state index contributed by atoms with van der Waals surface area (Å²) in [5, 5.41) is 2.64. The molecule has 0 aromatic carbocycles. The number of rotatable bonds is 1. The van der Waals surface area contributed by atoms with Crippen LogP contribution in [-0.4, -0.2) is 14.4 Å². The third-order valence-electron chi connectivity index (χ3n) is 2.08. The minimum absolute atomic E-state index is 0.639. The summed E-state index contributed by atoms with van der Waals surface area (Å²) in [6.45, 7) is 0. The molecule has 3 rings (SSSR count). The Balaban J connectivity index is 2.13. The second-order valence-electron chi connectivity index (χ2n) is 3.08. The number of imidazole rings is 1. The number of halogens is 1. The van der Waals surface area contributed by atoms with Crippen LogP contribution in [0.1, 0.15) is 0 Å². The standard InChI is InChI=1S/C10H6ClN3S/c11-7-1-2-8(12-5-7)9-6-14-3-4-15-10(14)13-9/h1-6H. The van der Waals surface area contributed by atoms with Gasteiger partial charge in [0.25, 0.3) is 0 Å². The van der Waals surface area contributed by atoms with E-state index in [1.165, 1.54) is 0 Å². The zero-order valence-corrected chi connectivity index (χ0v) is 9.16. The molecule has 5 heteroatoms. The van der Waals surface area contributed by atoms with E-state index in [1.807, 2.05) is 34.3 Å². The summed E-state index contributed by atoms with van der Waals surface area (Å²) in [6.07, 6.45) is 5.57. The molecule has 0 aliphatic rings. The van der Waals surface area contributed by atoms with Gasteiger partial charge in [-0.3, -0.25) is 9.38 Å². The highest BCUT2D eigenvalue weighted by atomic mass is 35.5. The Bertz CT molecular complexity index is 568. The molecule has 0 N–H and O–H groups in total. The molecule has 15 heavy (non-hydrogen) atoms. The van der Waals surface area contributed by atoms with E-state index in [0.717, 1.165) is 16.3 Å².